The topological polar surface area (TPSA) is 37.8 Å². The molecule has 0 aromatic carbocycles. The smallest absolute Gasteiger partial charge is 0.138 e. The molecule has 0 saturated heterocycles. The lowest BCUT2D eigenvalue weighted by Crippen LogP contribution is -2.16. The molecule has 0 saturated carbocycles. The van der Waals surface area contributed by atoms with Crippen molar-refractivity contribution in [3.05, 3.63) is 16.8 Å². The second kappa shape index (κ2) is 5.19. The molecule has 0 aliphatic carbocycles. The average molecular weight is 270 g/mol. The van der Waals surface area contributed by atoms with Crippen molar-refractivity contribution in [1.82, 2.24) is 9.97 Å². The first-order valence-corrected chi connectivity index (χ1v) is 7.01. The van der Waals surface area contributed by atoms with E-state index in [-0.39, 0.29) is 0 Å². The Balaban J connectivity index is 2.40. The van der Waals surface area contributed by atoms with Gasteiger partial charge in [0.15, 0.2) is 0 Å². The molecule has 0 aliphatic heterocycles. The lowest BCUT2D eigenvalue weighted by Gasteiger charge is -2.13. The molecular formula is C12H16ClN3S. The minimum Gasteiger partial charge on any atom is -0.367 e. The van der Waals surface area contributed by atoms with Crippen molar-refractivity contribution in [3.8, 4) is 0 Å². The fourth-order valence-electron chi connectivity index (χ4n) is 1.76. The Morgan fingerprint density at radius 3 is 2.88 bits per heavy atom. The Kier molecular flexibility index (Phi) is 3.84. The highest BCUT2D eigenvalue weighted by Gasteiger charge is 2.13. The molecule has 92 valence electrons. The number of fused-ring (bicyclic) bond motifs is 1. The quantitative estimate of drug-likeness (QED) is 0.860. The minimum atomic E-state index is 0.324. The van der Waals surface area contributed by atoms with Crippen molar-refractivity contribution in [2.45, 2.75) is 33.2 Å². The second-order valence-corrected chi connectivity index (χ2v) is 5.79. The number of nitrogens with zero attached hydrogens (tertiary/aromatic N) is 2. The largest absolute Gasteiger partial charge is 0.367 e. The molecule has 0 aliphatic rings. The van der Waals surface area contributed by atoms with Crippen LogP contribution in [0.2, 0.25) is 0 Å². The van der Waals surface area contributed by atoms with Gasteiger partial charge in [-0.05, 0) is 32.8 Å². The number of aryl methyl sites for hydroxylation is 2. The standard InChI is InChI=1S/C12H16ClN3S/c1-7(4-5-13)16-11-10-8(2)9(3)17-12(10)15-6-14-11/h6-7H,4-5H2,1-3H3,(H,14,15,16). The van der Waals surface area contributed by atoms with Crippen molar-refractivity contribution in [1.29, 1.82) is 0 Å². The van der Waals surface area contributed by atoms with E-state index >= 15 is 0 Å². The maximum atomic E-state index is 5.75. The lowest BCUT2D eigenvalue weighted by molar-refractivity contribution is 0.765. The Bertz CT molecular complexity index is 524. The molecule has 17 heavy (non-hydrogen) atoms. The normalized spacial score (nSPS) is 12.9. The summed E-state index contributed by atoms with van der Waals surface area (Å²) in [7, 11) is 0. The molecule has 0 amide bonds. The maximum Gasteiger partial charge on any atom is 0.138 e. The SMILES string of the molecule is Cc1sc2ncnc(NC(C)CCCl)c2c1C. The summed E-state index contributed by atoms with van der Waals surface area (Å²) in [4.78, 5) is 11.0. The van der Waals surface area contributed by atoms with Crippen LogP contribution in [0.4, 0.5) is 5.82 Å². The summed E-state index contributed by atoms with van der Waals surface area (Å²) in [6, 6.07) is 0.324. The molecule has 0 bridgehead atoms. The van der Waals surface area contributed by atoms with Crippen molar-refractivity contribution in [2.75, 3.05) is 11.2 Å². The number of aromatic nitrogens is 2. The molecular weight excluding hydrogens is 254 g/mol. The summed E-state index contributed by atoms with van der Waals surface area (Å²) in [5.41, 5.74) is 1.27. The molecule has 0 fully saturated rings. The molecule has 0 spiro atoms. The highest BCUT2D eigenvalue weighted by atomic mass is 35.5. The minimum absolute atomic E-state index is 0.324. The zero-order valence-electron chi connectivity index (χ0n) is 10.2. The Morgan fingerprint density at radius 1 is 1.41 bits per heavy atom. The van der Waals surface area contributed by atoms with Gasteiger partial charge in [-0.3, -0.25) is 0 Å². The Labute approximate surface area is 110 Å². The van der Waals surface area contributed by atoms with E-state index in [9.17, 15) is 0 Å². The zero-order chi connectivity index (χ0) is 12.4. The fraction of sp³-hybridized carbons (Fsp3) is 0.500. The van der Waals surface area contributed by atoms with Crippen molar-refractivity contribution in [2.24, 2.45) is 0 Å². The van der Waals surface area contributed by atoms with Gasteiger partial charge in [-0.1, -0.05) is 0 Å². The highest BCUT2D eigenvalue weighted by Crippen LogP contribution is 2.32. The van der Waals surface area contributed by atoms with Crippen LogP contribution in [0.1, 0.15) is 23.8 Å². The summed E-state index contributed by atoms with van der Waals surface area (Å²) in [6.07, 6.45) is 2.54. The van der Waals surface area contributed by atoms with Crippen LogP contribution in [0.25, 0.3) is 10.2 Å². The van der Waals surface area contributed by atoms with Gasteiger partial charge in [0, 0.05) is 16.8 Å². The third kappa shape index (κ3) is 2.53. The van der Waals surface area contributed by atoms with E-state index < -0.39 is 0 Å². The van der Waals surface area contributed by atoms with Crippen molar-refractivity contribution >= 4 is 39.0 Å². The monoisotopic (exact) mass is 269 g/mol. The van der Waals surface area contributed by atoms with Crippen LogP contribution in [0.3, 0.4) is 0 Å². The van der Waals surface area contributed by atoms with Crippen LogP contribution in [0.5, 0.6) is 0 Å². The molecule has 3 nitrogen and oxygen atoms in total. The van der Waals surface area contributed by atoms with Gasteiger partial charge >= 0.3 is 0 Å². The zero-order valence-corrected chi connectivity index (χ0v) is 11.8. The van der Waals surface area contributed by atoms with Gasteiger partial charge in [-0.15, -0.1) is 22.9 Å². The molecule has 2 heterocycles. The first kappa shape index (κ1) is 12.6. The van der Waals surface area contributed by atoms with Crippen LogP contribution >= 0.6 is 22.9 Å². The summed E-state index contributed by atoms with van der Waals surface area (Å²) in [5, 5.41) is 4.56. The van der Waals surface area contributed by atoms with E-state index in [1.807, 2.05) is 0 Å². The lowest BCUT2D eigenvalue weighted by atomic mass is 10.2. The first-order valence-electron chi connectivity index (χ1n) is 5.66. The van der Waals surface area contributed by atoms with Crippen LogP contribution in [-0.2, 0) is 0 Å². The first-order chi connectivity index (χ1) is 8.13. The number of hydrogen-bond acceptors (Lipinski definition) is 4. The van der Waals surface area contributed by atoms with E-state index in [4.69, 9.17) is 11.6 Å². The number of halogens is 1. The van der Waals surface area contributed by atoms with E-state index in [1.54, 1.807) is 17.7 Å². The number of alkyl halides is 1. The predicted molar refractivity (Wildman–Crippen MR) is 75.3 cm³/mol. The molecule has 2 aromatic rings. The molecule has 1 atom stereocenters. The fourth-order valence-corrected chi connectivity index (χ4v) is 3.09. The number of anilines is 1. The average Bonchev–Trinajstić information content (AvgIpc) is 2.56. The summed E-state index contributed by atoms with van der Waals surface area (Å²) in [6.45, 7) is 6.35. The number of nitrogens with one attached hydrogen (secondary N) is 1. The molecule has 2 rings (SSSR count). The second-order valence-electron chi connectivity index (χ2n) is 4.21. The third-order valence-electron chi connectivity index (χ3n) is 2.89. The summed E-state index contributed by atoms with van der Waals surface area (Å²) < 4.78 is 0. The number of thiophene rings is 1. The summed E-state index contributed by atoms with van der Waals surface area (Å²) >= 11 is 7.46. The van der Waals surface area contributed by atoms with E-state index in [0.717, 1.165) is 22.5 Å². The maximum absolute atomic E-state index is 5.75. The van der Waals surface area contributed by atoms with E-state index in [0.29, 0.717) is 11.9 Å². The number of hydrogen-bond donors (Lipinski definition) is 1. The molecule has 1 unspecified atom stereocenters. The molecule has 1 N–H and O–H groups in total. The van der Waals surface area contributed by atoms with Crippen molar-refractivity contribution in [3.63, 3.8) is 0 Å². The van der Waals surface area contributed by atoms with Gasteiger partial charge in [0.1, 0.15) is 17.0 Å². The molecule has 2 aromatic heterocycles. The van der Waals surface area contributed by atoms with Gasteiger partial charge in [-0.2, -0.15) is 0 Å². The van der Waals surface area contributed by atoms with Gasteiger partial charge in [0.05, 0.1) is 5.39 Å². The molecule has 5 heteroatoms. The van der Waals surface area contributed by atoms with Crippen molar-refractivity contribution < 1.29 is 0 Å². The van der Waals surface area contributed by atoms with Gasteiger partial charge in [0.25, 0.3) is 0 Å². The van der Waals surface area contributed by atoms with Crippen LogP contribution in [0.15, 0.2) is 6.33 Å². The predicted octanol–water partition coefficient (Wildman–Crippen LogP) is 3.74. The van der Waals surface area contributed by atoms with Crippen LogP contribution in [-0.4, -0.2) is 21.9 Å². The van der Waals surface area contributed by atoms with E-state index in [2.05, 4.69) is 36.1 Å². The van der Waals surface area contributed by atoms with Crippen LogP contribution < -0.4 is 5.32 Å². The Morgan fingerprint density at radius 2 is 2.18 bits per heavy atom. The summed E-state index contributed by atoms with van der Waals surface area (Å²) in [5.74, 6) is 1.58. The molecule has 0 radical (unpaired) electrons. The van der Waals surface area contributed by atoms with Crippen LogP contribution in [0, 0.1) is 13.8 Å². The van der Waals surface area contributed by atoms with Gasteiger partial charge in [-0.25, -0.2) is 9.97 Å². The van der Waals surface area contributed by atoms with Gasteiger partial charge < -0.3 is 5.32 Å². The van der Waals surface area contributed by atoms with E-state index in [1.165, 1.54) is 10.4 Å². The Hall–Kier alpha value is -0.870. The number of rotatable bonds is 4. The third-order valence-corrected chi connectivity index (χ3v) is 4.22. The highest BCUT2D eigenvalue weighted by molar-refractivity contribution is 7.18. The van der Waals surface area contributed by atoms with Gasteiger partial charge in [0.2, 0.25) is 0 Å².